The lowest BCUT2D eigenvalue weighted by Gasteiger charge is -2.19. The zero-order valence-corrected chi connectivity index (χ0v) is 14.7. The van der Waals surface area contributed by atoms with Crippen molar-refractivity contribution in [1.82, 2.24) is 5.32 Å². The molecular weight excluding hydrogens is 322 g/mol. The van der Waals surface area contributed by atoms with E-state index in [4.69, 9.17) is 0 Å². The normalized spacial score (nSPS) is 11.6. The lowest BCUT2D eigenvalue weighted by atomic mass is 9.97. The van der Waals surface area contributed by atoms with E-state index >= 15 is 0 Å². The van der Waals surface area contributed by atoms with Crippen LogP contribution in [0, 0.1) is 6.92 Å². The first kappa shape index (κ1) is 17.6. The highest BCUT2D eigenvalue weighted by molar-refractivity contribution is 5.98. The molecule has 1 unspecified atom stereocenters. The van der Waals surface area contributed by atoms with Gasteiger partial charge in [-0.25, -0.2) is 0 Å². The minimum absolute atomic E-state index is 0.00668. The Morgan fingerprint density at radius 3 is 1.96 bits per heavy atom. The number of amides is 1. The zero-order valence-electron chi connectivity index (χ0n) is 14.7. The van der Waals surface area contributed by atoms with Crippen molar-refractivity contribution in [2.45, 2.75) is 19.4 Å². The molecule has 3 aromatic rings. The number of aryl methyl sites for hydroxylation is 1. The summed E-state index contributed by atoms with van der Waals surface area (Å²) in [7, 11) is 0. The van der Waals surface area contributed by atoms with Crippen molar-refractivity contribution in [3.05, 3.63) is 107 Å². The van der Waals surface area contributed by atoms with Crippen LogP contribution in [0.25, 0.3) is 0 Å². The van der Waals surface area contributed by atoms with Gasteiger partial charge >= 0.3 is 0 Å². The summed E-state index contributed by atoms with van der Waals surface area (Å²) < 4.78 is 0. The summed E-state index contributed by atoms with van der Waals surface area (Å²) in [5, 5.41) is 3.00. The second kappa shape index (κ2) is 8.26. The molecule has 3 heteroatoms. The number of benzene rings is 3. The first-order valence-corrected chi connectivity index (χ1v) is 8.64. The summed E-state index contributed by atoms with van der Waals surface area (Å²) in [5.41, 5.74) is 3.26. The topological polar surface area (TPSA) is 46.2 Å². The van der Waals surface area contributed by atoms with Gasteiger partial charge in [0.05, 0.1) is 6.04 Å². The average molecular weight is 343 g/mol. The molecule has 0 aliphatic heterocycles. The number of hydrogen-bond acceptors (Lipinski definition) is 2. The van der Waals surface area contributed by atoms with Crippen LogP contribution in [0.15, 0.2) is 84.9 Å². The van der Waals surface area contributed by atoms with E-state index in [9.17, 15) is 9.59 Å². The molecule has 0 saturated carbocycles. The van der Waals surface area contributed by atoms with Crippen LogP contribution in [0.2, 0.25) is 0 Å². The minimum atomic E-state index is -0.377. The molecule has 3 rings (SSSR count). The summed E-state index contributed by atoms with van der Waals surface area (Å²) in [6.07, 6.45) is 0.214. The van der Waals surface area contributed by atoms with Gasteiger partial charge in [0.15, 0.2) is 5.78 Å². The molecule has 1 atom stereocenters. The van der Waals surface area contributed by atoms with Gasteiger partial charge in [-0.15, -0.1) is 0 Å². The molecule has 3 nitrogen and oxygen atoms in total. The lowest BCUT2D eigenvalue weighted by molar-refractivity contribution is 0.0912. The largest absolute Gasteiger partial charge is 0.345 e. The van der Waals surface area contributed by atoms with Crippen LogP contribution in [0.1, 0.15) is 44.3 Å². The standard InChI is InChI=1S/C23H21NO2/c1-17-12-14-19(15-13-17)22(25)16-21(18-8-4-2-5-9-18)24-23(26)20-10-6-3-7-11-20/h2-15,21H,16H2,1H3,(H,24,26). The zero-order chi connectivity index (χ0) is 18.4. The predicted molar refractivity (Wildman–Crippen MR) is 103 cm³/mol. The Balaban J connectivity index is 1.81. The molecule has 0 aliphatic rings. The molecule has 1 N–H and O–H groups in total. The van der Waals surface area contributed by atoms with Crippen molar-refractivity contribution < 1.29 is 9.59 Å². The number of hydrogen-bond donors (Lipinski definition) is 1. The maximum Gasteiger partial charge on any atom is 0.251 e. The van der Waals surface area contributed by atoms with E-state index in [1.54, 1.807) is 12.1 Å². The van der Waals surface area contributed by atoms with Crippen molar-refractivity contribution in [3.63, 3.8) is 0 Å². The third-order valence-electron chi connectivity index (χ3n) is 4.31. The Hall–Kier alpha value is -3.20. The van der Waals surface area contributed by atoms with E-state index in [1.165, 1.54) is 0 Å². The number of carbonyl (C=O) groups is 2. The lowest BCUT2D eigenvalue weighted by Crippen LogP contribution is -2.30. The summed E-state index contributed by atoms with van der Waals surface area (Å²) >= 11 is 0. The van der Waals surface area contributed by atoms with Crippen LogP contribution < -0.4 is 5.32 Å². The molecule has 0 radical (unpaired) electrons. The van der Waals surface area contributed by atoms with E-state index in [0.29, 0.717) is 11.1 Å². The molecule has 1 amide bonds. The second-order valence-corrected chi connectivity index (χ2v) is 6.30. The first-order valence-electron chi connectivity index (χ1n) is 8.64. The van der Waals surface area contributed by atoms with Gasteiger partial charge in [-0.1, -0.05) is 78.4 Å². The molecule has 0 fully saturated rings. The fourth-order valence-electron chi connectivity index (χ4n) is 2.81. The van der Waals surface area contributed by atoms with Gasteiger partial charge in [0.1, 0.15) is 0 Å². The van der Waals surface area contributed by atoms with Gasteiger partial charge in [-0.2, -0.15) is 0 Å². The van der Waals surface area contributed by atoms with Crippen molar-refractivity contribution in [3.8, 4) is 0 Å². The monoisotopic (exact) mass is 343 g/mol. The van der Waals surface area contributed by atoms with Crippen molar-refractivity contribution >= 4 is 11.7 Å². The van der Waals surface area contributed by atoms with Gasteiger partial charge in [0.25, 0.3) is 5.91 Å². The Morgan fingerprint density at radius 1 is 0.769 bits per heavy atom. The summed E-state index contributed by atoms with van der Waals surface area (Å²) in [5.74, 6) is -0.177. The molecule has 0 saturated heterocycles. The Morgan fingerprint density at radius 2 is 1.35 bits per heavy atom. The molecule has 0 aromatic heterocycles. The van der Waals surface area contributed by atoms with Crippen molar-refractivity contribution in [2.75, 3.05) is 0 Å². The Bertz CT molecular complexity index is 871. The third-order valence-corrected chi connectivity index (χ3v) is 4.31. The van der Waals surface area contributed by atoms with Crippen LogP contribution in [0.5, 0.6) is 0 Å². The summed E-state index contributed by atoms with van der Waals surface area (Å²) in [6.45, 7) is 1.99. The number of rotatable bonds is 6. The molecule has 0 spiro atoms. The molecular formula is C23H21NO2. The van der Waals surface area contributed by atoms with Gasteiger partial charge in [-0.3, -0.25) is 9.59 Å². The van der Waals surface area contributed by atoms with Gasteiger partial charge in [0.2, 0.25) is 0 Å². The summed E-state index contributed by atoms with van der Waals surface area (Å²) in [4.78, 5) is 25.3. The van der Waals surface area contributed by atoms with Crippen LogP contribution in [0.3, 0.4) is 0 Å². The average Bonchev–Trinajstić information content (AvgIpc) is 2.69. The number of carbonyl (C=O) groups excluding carboxylic acids is 2. The minimum Gasteiger partial charge on any atom is -0.345 e. The van der Waals surface area contributed by atoms with Crippen LogP contribution in [-0.2, 0) is 0 Å². The molecule has 0 bridgehead atoms. The highest BCUT2D eigenvalue weighted by Gasteiger charge is 2.20. The quantitative estimate of drug-likeness (QED) is 0.657. The number of nitrogens with one attached hydrogen (secondary N) is 1. The van der Waals surface area contributed by atoms with E-state index in [0.717, 1.165) is 11.1 Å². The van der Waals surface area contributed by atoms with Gasteiger partial charge in [0, 0.05) is 17.5 Å². The van der Waals surface area contributed by atoms with Gasteiger partial charge < -0.3 is 5.32 Å². The maximum absolute atomic E-state index is 12.7. The molecule has 0 heterocycles. The number of Topliss-reactive ketones (excluding diaryl/α,β-unsaturated/α-hetero) is 1. The highest BCUT2D eigenvalue weighted by atomic mass is 16.2. The Kier molecular flexibility index (Phi) is 5.59. The van der Waals surface area contributed by atoms with Crippen molar-refractivity contribution in [1.29, 1.82) is 0 Å². The van der Waals surface area contributed by atoms with E-state index in [1.807, 2.05) is 79.7 Å². The summed E-state index contributed by atoms with van der Waals surface area (Å²) in [6, 6.07) is 25.8. The van der Waals surface area contributed by atoms with E-state index in [2.05, 4.69) is 5.32 Å². The maximum atomic E-state index is 12.7. The first-order chi connectivity index (χ1) is 12.6. The molecule has 3 aromatic carbocycles. The third kappa shape index (κ3) is 4.45. The smallest absolute Gasteiger partial charge is 0.251 e. The second-order valence-electron chi connectivity index (χ2n) is 6.30. The van der Waals surface area contributed by atoms with Crippen LogP contribution >= 0.6 is 0 Å². The fourth-order valence-corrected chi connectivity index (χ4v) is 2.81. The Labute approximate surface area is 153 Å². The highest BCUT2D eigenvalue weighted by Crippen LogP contribution is 2.20. The van der Waals surface area contributed by atoms with Gasteiger partial charge in [-0.05, 0) is 24.6 Å². The molecule has 26 heavy (non-hydrogen) atoms. The molecule has 0 aliphatic carbocycles. The van der Waals surface area contributed by atoms with Crippen LogP contribution in [-0.4, -0.2) is 11.7 Å². The molecule has 130 valence electrons. The predicted octanol–water partition coefficient (Wildman–Crippen LogP) is 4.74. The SMILES string of the molecule is Cc1ccc(C(=O)CC(NC(=O)c2ccccc2)c2ccccc2)cc1. The van der Waals surface area contributed by atoms with E-state index < -0.39 is 0 Å². The number of ketones is 1. The van der Waals surface area contributed by atoms with Crippen molar-refractivity contribution in [2.24, 2.45) is 0 Å². The van der Waals surface area contributed by atoms with Crippen LogP contribution in [0.4, 0.5) is 0 Å². The van der Waals surface area contributed by atoms with E-state index in [-0.39, 0.29) is 24.2 Å². The fraction of sp³-hybridized carbons (Fsp3) is 0.130.